The third-order valence-electron chi connectivity index (χ3n) is 0.669. The second-order valence-electron chi connectivity index (χ2n) is 1.56. The molecule has 0 saturated heterocycles. The van der Waals surface area contributed by atoms with Crippen molar-refractivity contribution >= 4 is 11.6 Å². The van der Waals surface area contributed by atoms with Gasteiger partial charge in [-0.2, -0.15) is 0 Å². The highest BCUT2D eigenvalue weighted by Gasteiger charge is 2.32. The Balaban J connectivity index is 3.91. The van der Waals surface area contributed by atoms with Gasteiger partial charge in [0, 0.05) is 11.8 Å². The fraction of sp³-hybridized carbons (Fsp3) is 1.00. The molecule has 0 bridgehead atoms. The van der Waals surface area contributed by atoms with Crippen LogP contribution in [0.25, 0.3) is 0 Å². The number of hydrogen-bond acceptors (Lipinski definition) is 3. The normalized spacial score (nSPS) is 17.4. The van der Waals surface area contributed by atoms with E-state index < -0.39 is 16.5 Å². The van der Waals surface area contributed by atoms with Crippen molar-refractivity contribution < 1.29 is 10.0 Å². The molecule has 1 unspecified atom stereocenters. The zero-order valence-electron chi connectivity index (χ0n) is 4.30. The molecule has 0 aromatic heterocycles. The van der Waals surface area contributed by atoms with Gasteiger partial charge in [0.25, 0.3) is 0 Å². The first-order valence-electron chi connectivity index (χ1n) is 1.95. The minimum absolute atomic E-state index is 0.651. The van der Waals surface area contributed by atoms with E-state index in [0.717, 1.165) is 6.92 Å². The van der Waals surface area contributed by atoms with Crippen molar-refractivity contribution in [3.05, 3.63) is 10.1 Å². The third kappa shape index (κ3) is 1.63. The Bertz CT molecular complexity index is 103. The summed E-state index contributed by atoms with van der Waals surface area (Å²) in [5, 5.41) is 18.0. The van der Waals surface area contributed by atoms with Crippen molar-refractivity contribution in [3.8, 4) is 0 Å². The number of hydrogen-bond donors (Lipinski definition) is 1. The van der Waals surface area contributed by atoms with Gasteiger partial charge in [-0.05, 0) is 11.6 Å². The molecule has 8 heavy (non-hydrogen) atoms. The molecule has 0 aliphatic carbocycles. The molecule has 0 aliphatic heterocycles. The summed E-state index contributed by atoms with van der Waals surface area (Å²) in [4.78, 5) is 7.32. The van der Waals surface area contributed by atoms with Crippen molar-refractivity contribution in [2.45, 2.75) is 11.9 Å². The van der Waals surface area contributed by atoms with Crippen LogP contribution in [-0.4, -0.2) is 21.6 Å². The van der Waals surface area contributed by atoms with Gasteiger partial charge in [0.05, 0.1) is 0 Å². The largest absolute Gasteiger partial charge is 0.387 e. The highest BCUT2D eigenvalue weighted by atomic mass is 35.5. The minimum atomic E-state index is -1.71. The van der Waals surface area contributed by atoms with Crippen LogP contribution < -0.4 is 0 Å². The molecule has 0 aliphatic rings. The molecule has 0 spiro atoms. The maximum atomic E-state index is 9.77. The highest BCUT2D eigenvalue weighted by Crippen LogP contribution is 2.11. The number of rotatable bonds is 2. The van der Waals surface area contributed by atoms with E-state index in [1.165, 1.54) is 0 Å². The number of aliphatic hydroxyl groups is 1. The zero-order valence-corrected chi connectivity index (χ0v) is 5.05. The average Bonchev–Trinajstić information content (AvgIpc) is 1.67. The van der Waals surface area contributed by atoms with Crippen LogP contribution in [0.4, 0.5) is 0 Å². The topological polar surface area (TPSA) is 63.4 Å². The maximum Gasteiger partial charge on any atom is 0.314 e. The van der Waals surface area contributed by atoms with Crippen LogP contribution in [0, 0.1) is 10.1 Å². The molecule has 1 N–H and O–H groups in total. The molecule has 1 atom stereocenters. The van der Waals surface area contributed by atoms with Crippen LogP contribution in [0.15, 0.2) is 0 Å². The molecular formula is C3H6ClNO3. The van der Waals surface area contributed by atoms with Gasteiger partial charge in [0.1, 0.15) is 6.61 Å². The predicted octanol–water partition coefficient (Wildman–Crippen LogP) is 0.210. The van der Waals surface area contributed by atoms with Crippen molar-refractivity contribution in [2.24, 2.45) is 0 Å². The Kier molecular flexibility index (Phi) is 2.18. The van der Waals surface area contributed by atoms with E-state index in [1.807, 2.05) is 0 Å². The standard InChI is InChI=1S/C3H6ClNO3/c1-3(4,2-6)5(7)8/h6H,2H2,1H3. The zero-order chi connectivity index (χ0) is 6.78. The predicted molar refractivity (Wildman–Crippen MR) is 28.3 cm³/mol. The van der Waals surface area contributed by atoms with Crippen LogP contribution in [0.5, 0.6) is 0 Å². The Hall–Kier alpha value is -0.350. The van der Waals surface area contributed by atoms with Crippen LogP contribution >= 0.6 is 11.6 Å². The number of alkyl halides is 1. The molecule has 0 radical (unpaired) electrons. The first kappa shape index (κ1) is 7.65. The van der Waals surface area contributed by atoms with E-state index >= 15 is 0 Å². The molecule has 0 fully saturated rings. The highest BCUT2D eigenvalue weighted by molar-refractivity contribution is 6.22. The van der Waals surface area contributed by atoms with Gasteiger partial charge >= 0.3 is 5.00 Å². The van der Waals surface area contributed by atoms with E-state index in [4.69, 9.17) is 16.7 Å². The first-order valence-corrected chi connectivity index (χ1v) is 2.33. The summed E-state index contributed by atoms with van der Waals surface area (Å²) < 4.78 is 0. The average molecular weight is 140 g/mol. The summed E-state index contributed by atoms with van der Waals surface area (Å²) in [6.45, 7) is 0.482. The molecule has 0 aromatic carbocycles. The van der Waals surface area contributed by atoms with Crippen molar-refractivity contribution in [1.82, 2.24) is 0 Å². The molecule has 5 heteroatoms. The van der Waals surface area contributed by atoms with E-state index in [9.17, 15) is 10.1 Å². The summed E-state index contributed by atoms with van der Waals surface area (Å²) in [7, 11) is 0. The van der Waals surface area contributed by atoms with Crippen molar-refractivity contribution in [2.75, 3.05) is 6.61 Å². The lowest BCUT2D eigenvalue weighted by molar-refractivity contribution is -0.540. The van der Waals surface area contributed by atoms with Crippen molar-refractivity contribution in [3.63, 3.8) is 0 Å². The van der Waals surface area contributed by atoms with Gasteiger partial charge in [-0.25, -0.2) is 0 Å². The van der Waals surface area contributed by atoms with Gasteiger partial charge in [-0.1, -0.05) is 0 Å². The number of nitro groups is 1. The van der Waals surface area contributed by atoms with Gasteiger partial charge in [0.2, 0.25) is 0 Å². The molecule has 4 nitrogen and oxygen atoms in total. The quantitative estimate of drug-likeness (QED) is 0.258. The number of halogens is 1. The van der Waals surface area contributed by atoms with Crippen LogP contribution in [0.2, 0.25) is 0 Å². The Morgan fingerprint density at radius 3 is 2.38 bits per heavy atom. The van der Waals surface area contributed by atoms with Gasteiger partial charge in [0.15, 0.2) is 0 Å². The van der Waals surface area contributed by atoms with Crippen LogP contribution in [0.3, 0.4) is 0 Å². The third-order valence-corrected chi connectivity index (χ3v) is 0.927. The molecular weight excluding hydrogens is 133 g/mol. The first-order chi connectivity index (χ1) is 3.50. The summed E-state index contributed by atoms with van der Waals surface area (Å²) in [6, 6.07) is 0. The van der Waals surface area contributed by atoms with E-state index in [2.05, 4.69) is 0 Å². The van der Waals surface area contributed by atoms with Crippen LogP contribution in [-0.2, 0) is 0 Å². The molecule has 0 rings (SSSR count). The lowest BCUT2D eigenvalue weighted by atomic mass is 10.4. The second-order valence-corrected chi connectivity index (χ2v) is 2.37. The monoisotopic (exact) mass is 139 g/mol. The fourth-order valence-electron chi connectivity index (χ4n) is 0.0577. The molecule has 0 aromatic rings. The molecule has 0 saturated carbocycles. The number of nitrogens with zero attached hydrogens (tertiary/aromatic N) is 1. The van der Waals surface area contributed by atoms with E-state index in [-0.39, 0.29) is 0 Å². The SMILES string of the molecule is CC(Cl)(CO)[N+](=O)[O-]. The van der Waals surface area contributed by atoms with E-state index in [0.29, 0.717) is 0 Å². The summed E-state index contributed by atoms with van der Waals surface area (Å²) >= 11 is 5.11. The maximum absolute atomic E-state index is 9.77. The Morgan fingerprint density at radius 1 is 2.00 bits per heavy atom. The minimum Gasteiger partial charge on any atom is -0.387 e. The smallest absolute Gasteiger partial charge is 0.314 e. The number of aliphatic hydroxyl groups excluding tert-OH is 1. The fourth-order valence-corrected chi connectivity index (χ4v) is 0.0577. The van der Waals surface area contributed by atoms with Crippen molar-refractivity contribution in [1.29, 1.82) is 0 Å². The van der Waals surface area contributed by atoms with Crippen LogP contribution in [0.1, 0.15) is 6.92 Å². The summed E-state index contributed by atoms with van der Waals surface area (Å²) in [5.41, 5.74) is 0. The Morgan fingerprint density at radius 2 is 2.38 bits per heavy atom. The lowest BCUT2D eigenvalue weighted by Gasteiger charge is -2.06. The summed E-state index contributed by atoms with van der Waals surface area (Å²) in [5.74, 6) is 0. The second kappa shape index (κ2) is 2.28. The van der Waals surface area contributed by atoms with Gasteiger partial charge < -0.3 is 5.11 Å². The Labute approximate surface area is 51.2 Å². The molecule has 48 valence electrons. The van der Waals surface area contributed by atoms with Gasteiger partial charge in [-0.3, -0.25) is 10.1 Å². The lowest BCUT2D eigenvalue weighted by Crippen LogP contribution is -2.31. The molecule has 0 amide bonds. The molecule has 0 heterocycles. The van der Waals surface area contributed by atoms with E-state index in [1.54, 1.807) is 0 Å². The summed E-state index contributed by atoms with van der Waals surface area (Å²) in [6.07, 6.45) is 0. The van der Waals surface area contributed by atoms with Gasteiger partial charge in [-0.15, -0.1) is 0 Å².